The molecule has 5 aromatic rings. The molecule has 1 N–H and O–H groups in total. The molecule has 41 heavy (non-hydrogen) atoms. The number of rotatable bonds is 5. The number of hydrogen-bond acceptors (Lipinski definition) is 6. The second-order valence-corrected chi connectivity index (χ2v) is 11.3. The van der Waals surface area contributed by atoms with Gasteiger partial charge in [-0.2, -0.15) is 26.9 Å². The number of nitrogens with one attached hydrogen (secondary N) is 1. The monoisotopic (exact) mass is 584 g/mol. The van der Waals surface area contributed by atoms with E-state index in [0.29, 0.717) is 33.0 Å². The number of aromatic nitrogens is 3. The molecule has 0 atom stereocenters. The highest BCUT2D eigenvalue weighted by atomic mass is 32.3. The molecule has 1 aliphatic rings. The molecule has 0 radical (unpaired) electrons. The molecule has 0 spiro atoms. The van der Waals surface area contributed by atoms with Gasteiger partial charge in [0.15, 0.2) is 12.0 Å². The van der Waals surface area contributed by atoms with E-state index < -0.39 is 33.3 Å². The minimum Gasteiger partial charge on any atom is -0.483 e. The summed E-state index contributed by atoms with van der Waals surface area (Å²) in [4.78, 5) is 20.2. The van der Waals surface area contributed by atoms with Crippen LogP contribution in [0.2, 0.25) is 0 Å². The zero-order valence-corrected chi connectivity index (χ0v) is 21.9. The van der Waals surface area contributed by atoms with Crippen LogP contribution >= 0.6 is 0 Å². The maximum absolute atomic E-state index is 14.0. The molecule has 1 saturated carbocycles. The lowest BCUT2D eigenvalue weighted by molar-refractivity contribution is -0.153. The van der Waals surface area contributed by atoms with Crippen LogP contribution in [-0.4, -0.2) is 35.7 Å². The number of benzene rings is 2. The number of pyridine rings is 2. The molecule has 3 heterocycles. The van der Waals surface area contributed by atoms with Crippen LogP contribution in [-0.2, 0) is 10.2 Å². The Balaban J connectivity index is 1.72. The largest absolute Gasteiger partial charge is 0.483 e. The molecular formula is C28H20F4N4O4S. The molecule has 210 valence electrons. The van der Waals surface area contributed by atoms with E-state index in [1.54, 1.807) is 18.2 Å². The molecule has 0 unspecified atom stereocenters. The smallest absolute Gasteiger partial charge is 0.422 e. The fourth-order valence-electron chi connectivity index (χ4n) is 5.61. The minimum absolute atomic E-state index is 0.00752. The van der Waals surface area contributed by atoms with Crippen LogP contribution in [0, 0.1) is 11.3 Å². The Morgan fingerprint density at radius 3 is 2.54 bits per heavy atom. The number of alkyl halides is 3. The quantitative estimate of drug-likeness (QED) is 0.192. The topological polar surface area (TPSA) is 118 Å². The number of H-pyrrole nitrogens is 1. The van der Waals surface area contributed by atoms with Crippen molar-refractivity contribution in [2.24, 2.45) is 0 Å². The first kappa shape index (κ1) is 26.8. The third-order valence-corrected chi connectivity index (χ3v) is 8.15. The molecule has 3 aromatic heterocycles. The third kappa shape index (κ3) is 4.78. The van der Waals surface area contributed by atoms with Gasteiger partial charge in [0.1, 0.15) is 16.3 Å². The lowest BCUT2D eigenvalue weighted by atomic mass is 10.0. The molecule has 0 bridgehead atoms. The van der Waals surface area contributed by atoms with Crippen molar-refractivity contribution in [2.45, 2.75) is 42.8 Å². The van der Waals surface area contributed by atoms with Crippen LogP contribution in [0.25, 0.3) is 44.0 Å². The molecule has 6 rings (SSSR count). The number of hydrogen-bond donors (Lipinski definition) is 1. The number of halogens is 4. The highest BCUT2D eigenvalue weighted by Gasteiger charge is 2.30. The van der Waals surface area contributed by atoms with Crippen LogP contribution in [0.15, 0.2) is 58.5 Å². The first-order valence-electron chi connectivity index (χ1n) is 12.6. The van der Waals surface area contributed by atoms with Crippen molar-refractivity contribution in [1.29, 1.82) is 5.26 Å². The van der Waals surface area contributed by atoms with E-state index in [4.69, 9.17) is 4.74 Å². The van der Waals surface area contributed by atoms with Crippen molar-refractivity contribution < 1.29 is 30.2 Å². The van der Waals surface area contributed by atoms with E-state index in [2.05, 4.69) is 16.0 Å². The summed E-state index contributed by atoms with van der Waals surface area (Å²) in [6, 6.07) is 10.5. The summed E-state index contributed by atoms with van der Waals surface area (Å²) in [5.41, 5.74) is 1.35. The van der Waals surface area contributed by atoms with Crippen molar-refractivity contribution in [2.75, 3.05) is 6.61 Å². The molecule has 0 amide bonds. The molecule has 0 aliphatic heterocycles. The summed E-state index contributed by atoms with van der Waals surface area (Å²) >= 11 is 0. The van der Waals surface area contributed by atoms with E-state index in [1.807, 2.05) is 4.57 Å². The number of nitriles is 1. The predicted octanol–water partition coefficient (Wildman–Crippen LogP) is 6.28. The van der Waals surface area contributed by atoms with Crippen LogP contribution < -0.4 is 10.2 Å². The summed E-state index contributed by atoms with van der Waals surface area (Å²) < 4.78 is 83.6. The Morgan fingerprint density at radius 2 is 1.85 bits per heavy atom. The summed E-state index contributed by atoms with van der Waals surface area (Å²) in [7, 11) is -5.17. The lowest BCUT2D eigenvalue weighted by Crippen LogP contribution is -2.20. The van der Waals surface area contributed by atoms with Crippen LogP contribution in [0.5, 0.6) is 5.75 Å². The number of aromatic amines is 1. The highest BCUT2D eigenvalue weighted by Crippen LogP contribution is 2.40. The van der Waals surface area contributed by atoms with Crippen LogP contribution in [0.4, 0.5) is 17.1 Å². The zero-order chi connectivity index (χ0) is 29.1. The Bertz CT molecular complexity index is 2070. The van der Waals surface area contributed by atoms with Crippen molar-refractivity contribution in [3.63, 3.8) is 0 Å². The fourth-order valence-corrected chi connectivity index (χ4v) is 6.07. The van der Waals surface area contributed by atoms with Crippen LogP contribution in [0.1, 0.15) is 37.3 Å². The average molecular weight is 585 g/mol. The maximum Gasteiger partial charge on any atom is 0.422 e. The highest BCUT2D eigenvalue weighted by molar-refractivity contribution is 7.86. The molecule has 1 aliphatic carbocycles. The second-order valence-electron chi connectivity index (χ2n) is 9.97. The van der Waals surface area contributed by atoms with Crippen molar-refractivity contribution in [1.82, 2.24) is 14.5 Å². The first-order chi connectivity index (χ1) is 19.4. The Kier molecular flexibility index (Phi) is 6.26. The van der Waals surface area contributed by atoms with E-state index in [9.17, 15) is 35.5 Å². The van der Waals surface area contributed by atoms with E-state index in [0.717, 1.165) is 37.9 Å². The first-order valence-corrected chi connectivity index (χ1v) is 14.0. The predicted molar refractivity (Wildman–Crippen MR) is 143 cm³/mol. The van der Waals surface area contributed by atoms with Crippen LogP contribution in [0.3, 0.4) is 0 Å². The van der Waals surface area contributed by atoms with Gasteiger partial charge in [0.2, 0.25) is 0 Å². The van der Waals surface area contributed by atoms with Gasteiger partial charge < -0.3 is 14.3 Å². The molecule has 1 fully saturated rings. The van der Waals surface area contributed by atoms with E-state index in [-0.39, 0.29) is 28.3 Å². The second kappa shape index (κ2) is 9.59. The average Bonchev–Trinajstić information content (AvgIpc) is 3.59. The number of ether oxygens (including phenoxy) is 1. The molecular weight excluding hydrogens is 564 g/mol. The Hall–Kier alpha value is -4.44. The van der Waals surface area contributed by atoms with Gasteiger partial charge in [0.25, 0.3) is 0 Å². The lowest BCUT2D eigenvalue weighted by Gasteiger charge is -2.21. The van der Waals surface area contributed by atoms with E-state index in [1.165, 1.54) is 18.3 Å². The maximum atomic E-state index is 14.0. The molecule has 0 saturated heterocycles. The van der Waals surface area contributed by atoms with Gasteiger partial charge in [0, 0.05) is 40.5 Å². The van der Waals surface area contributed by atoms with Gasteiger partial charge in [-0.1, -0.05) is 18.9 Å². The number of fused-ring (bicyclic) bond motifs is 4. The van der Waals surface area contributed by atoms with E-state index >= 15 is 0 Å². The third-order valence-electron chi connectivity index (χ3n) is 7.36. The van der Waals surface area contributed by atoms with Crippen molar-refractivity contribution in [3.05, 3.63) is 64.6 Å². The standard InChI is InChI=1S/C28H20F4N4O4S/c29-28(30,31)14-40-24-10-21-23(9-20(24)16-8-18(13-34-12-16)41(32,38)39)36(17-3-1-2-4-17)27-25(26(21)37)19-6-5-15(11-33)7-22(19)35-27/h5-10,12-13,17,35H,1-4,14H2. The summed E-state index contributed by atoms with van der Waals surface area (Å²) in [5.74, 6) is -0.342. The van der Waals surface area contributed by atoms with Gasteiger partial charge in [-0.05, 0) is 43.2 Å². The van der Waals surface area contributed by atoms with Crippen molar-refractivity contribution >= 4 is 43.1 Å². The van der Waals surface area contributed by atoms with Crippen molar-refractivity contribution in [3.8, 4) is 22.9 Å². The van der Waals surface area contributed by atoms with Gasteiger partial charge in [-0.15, -0.1) is 3.89 Å². The Morgan fingerprint density at radius 1 is 1.10 bits per heavy atom. The number of nitrogens with zero attached hydrogens (tertiary/aromatic N) is 3. The normalized spacial score (nSPS) is 14.7. The van der Waals surface area contributed by atoms with Gasteiger partial charge in [-0.25, -0.2) is 0 Å². The molecule has 8 nitrogen and oxygen atoms in total. The summed E-state index contributed by atoms with van der Waals surface area (Å²) in [6.07, 6.45) is 0.678. The van der Waals surface area contributed by atoms with Gasteiger partial charge in [0.05, 0.1) is 27.9 Å². The summed E-state index contributed by atoms with van der Waals surface area (Å²) in [6.45, 7) is -1.68. The van der Waals surface area contributed by atoms with Gasteiger partial charge in [-0.3, -0.25) is 9.78 Å². The molecule has 13 heteroatoms. The Labute approximate surface area is 230 Å². The summed E-state index contributed by atoms with van der Waals surface area (Å²) in [5, 5.41) is 10.3. The minimum atomic E-state index is -5.17. The zero-order valence-electron chi connectivity index (χ0n) is 21.1. The SMILES string of the molecule is N#Cc1ccc2c(c1)[nH]c1c2c(=O)c2cc(OCC(F)(F)F)c(-c3cncc(S(=O)(=O)F)c3)cc2n1C1CCCC1. The van der Waals surface area contributed by atoms with Gasteiger partial charge >= 0.3 is 16.4 Å². The fraction of sp³-hybridized carbons (Fsp3) is 0.250. The molecule has 2 aromatic carbocycles.